The number of carbonyl (C=O) groups is 1. The fourth-order valence-electron chi connectivity index (χ4n) is 1.48. The number of esters is 1. The van der Waals surface area contributed by atoms with Gasteiger partial charge in [0.2, 0.25) is 0 Å². The van der Waals surface area contributed by atoms with Gasteiger partial charge in [-0.3, -0.25) is 4.79 Å². The molecule has 0 amide bonds. The molecule has 0 spiro atoms. The van der Waals surface area contributed by atoms with E-state index >= 15 is 0 Å². The second kappa shape index (κ2) is 7.00. The first-order chi connectivity index (χ1) is 9.03. The molecule has 0 aliphatic rings. The summed E-state index contributed by atoms with van der Waals surface area (Å²) in [5.41, 5.74) is -0.396. The Hall–Kier alpha value is -1.74. The summed E-state index contributed by atoms with van der Waals surface area (Å²) >= 11 is 5.66. The smallest absolute Gasteiger partial charge is 0.311 e. The maximum atomic E-state index is 12.8. The molecule has 0 saturated carbocycles. The van der Waals surface area contributed by atoms with Gasteiger partial charge in [0.1, 0.15) is 11.8 Å². The molecule has 1 heterocycles. The van der Waals surface area contributed by atoms with Crippen LogP contribution in [0.2, 0.25) is 0 Å². The lowest BCUT2D eigenvalue weighted by Crippen LogP contribution is -2.12. The molecule has 0 aliphatic heterocycles. The molecular formula is C12H11ClF2N2O2. The van der Waals surface area contributed by atoms with Crippen molar-refractivity contribution in [3.63, 3.8) is 0 Å². The van der Waals surface area contributed by atoms with Crippen LogP contribution in [0, 0.1) is 11.3 Å². The molecule has 4 nitrogen and oxygen atoms in total. The van der Waals surface area contributed by atoms with Crippen molar-refractivity contribution in [2.24, 2.45) is 0 Å². The molecule has 0 aliphatic carbocycles. The second-order valence-corrected chi connectivity index (χ2v) is 3.82. The lowest BCUT2D eigenvalue weighted by Gasteiger charge is -2.10. The van der Waals surface area contributed by atoms with Crippen LogP contribution in [0.5, 0.6) is 0 Å². The summed E-state index contributed by atoms with van der Waals surface area (Å²) in [6, 6.07) is 2.87. The van der Waals surface area contributed by atoms with Crippen LogP contribution in [-0.4, -0.2) is 17.6 Å². The number of pyridine rings is 1. The van der Waals surface area contributed by atoms with Crippen LogP contribution in [0.3, 0.4) is 0 Å². The molecule has 1 aromatic heterocycles. The minimum atomic E-state index is -2.89. The lowest BCUT2D eigenvalue weighted by atomic mass is 10.1. The number of aromatic nitrogens is 1. The summed E-state index contributed by atoms with van der Waals surface area (Å²) in [6.07, 6.45) is -3.14. The number of rotatable bonds is 5. The van der Waals surface area contributed by atoms with Crippen molar-refractivity contribution in [3.05, 3.63) is 28.6 Å². The summed E-state index contributed by atoms with van der Waals surface area (Å²) in [4.78, 5) is 15.0. The van der Waals surface area contributed by atoms with E-state index < -0.39 is 18.1 Å². The average molecular weight is 289 g/mol. The average Bonchev–Trinajstić information content (AvgIpc) is 2.38. The van der Waals surface area contributed by atoms with Gasteiger partial charge in [-0.2, -0.15) is 5.26 Å². The van der Waals surface area contributed by atoms with E-state index in [0.717, 1.165) is 0 Å². The largest absolute Gasteiger partial charge is 0.466 e. The van der Waals surface area contributed by atoms with E-state index in [2.05, 4.69) is 4.98 Å². The highest BCUT2D eigenvalue weighted by atomic mass is 35.5. The summed E-state index contributed by atoms with van der Waals surface area (Å²) in [6.45, 7) is 1.82. The molecule has 0 aromatic carbocycles. The molecule has 0 saturated heterocycles. The van der Waals surface area contributed by atoms with E-state index in [1.807, 2.05) is 0 Å². The summed E-state index contributed by atoms with van der Waals surface area (Å²) in [7, 11) is 0. The molecule has 1 aromatic rings. The SMILES string of the molecule is CCOC(=O)Cc1nc(C(F)F)c(C#N)cc1CCl. The summed E-state index contributed by atoms with van der Waals surface area (Å²) < 4.78 is 30.2. The maximum absolute atomic E-state index is 12.8. The van der Waals surface area contributed by atoms with E-state index in [1.54, 1.807) is 13.0 Å². The molecule has 0 radical (unpaired) electrons. The van der Waals surface area contributed by atoms with Crippen molar-refractivity contribution in [2.75, 3.05) is 6.61 Å². The predicted molar refractivity (Wildman–Crippen MR) is 63.8 cm³/mol. The topological polar surface area (TPSA) is 63.0 Å². The van der Waals surface area contributed by atoms with E-state index in [0.29, 0.717) is 5.56 Å². The molecule has 1 rings (SSSR count). The van der Waals surface area contributed by atoms with Crippen LogP contribution in [-0.2, 0) is 21.8 Å². The van der Waals surface area contributed by atoms with Gasteiger partial charge in [0.05, 0.1) is 24.3 Å². The fourth-order valence-corrected chi connectivity index (χ4v) is 1.71. The Balaban J connectivity index is 3.19. The number of nitriles is 1. The fraction of sp³-hybridized carbons (Fsp3) is 0.417. The number of ether oxygens (including phenoxy) is 1. The third-order valence-electron chi connectivity index (χ3n) is 2.31. The molecule has 0 fully saturated rings. The van der Waals surface area contributed by atoms with Crippen molar-refractivity contribution in [1.29, 1.82) is 5.26 Å². The Morgan fingerprint density at radius 2 is 2.32 bits per heavy atom. The molecule has 19 heavy (non-hydrogen) atoms. The number of hydrogen-bond acceptors (Lipinski definition) is 4. The quantitative estimate of drug-likeness (QED) is 0.617. The number of alkyl halides is 3. The zero-order chi connectivity index (χ0) is 14.4. The van der Waals surface area contributed by atoms with Crippen LogP contribution in [0.25, 0.3) is 0 Å². The Morgan fingerprint density at radius 3 is 2.79 bits per heavy atom. The highest BCUT2D eigenvalue weighted by molar-refractivity contribution is 6.17. The molecular weight excluding hydrogens is 278 g/mol. The zero-order valence-electron chi connectivity index (χ0n) is 10.1. The van der Waals surface area contributed by atoms with Gasteiger partial charge in [-0.25, -0.2) is 13.8 Å². The highest BCUT2D eigenvalue weighted by Gasteiger charge is 2.20. The van der Waals surface area contributed by atoms with Gasteiger partial charge in [-0.15, -0.1) is 11.6 Å². The number of carbonyl (C=O) groups excluding carboxylic acids is 1. The van der Waals surface area contributed by atoms with Crippen molar-refractivity contribution in [1.82, 2.24) is 4.98 Å². The standard InChI is InChI=1S/C12H11ClF2N2O2/c1-2-19-10(18)4-9-7(5-13)3-8(6-16)11(17-9)12(14)15/h3,12H,2,4-5H2,1H3. The highest BCUT2D eigenvalue weighted by Crippen LogP contribution is 2.24. The summed E-state index contributed by atoms with van der Waals surface area (Å²) in [5.74, 6) is -0.605. The van der Waals surface area contributed by atoms with E-state index in [4.69, 9.17) is 21.6 Å². The molecule has 0 N–H and O–H groups in total. The normalized spacial score (nSPS) is 10.3. The summed E-state index contributed by atoms with van der Waals surface area (Å²) in [5, 5.41) is 8.79. The van der Waals surface area contributed by atoms with Crippen molar-refractivity contribution >= 4 is 17.6 Å². The Morgan fingerprint density at radius 1 is 1.63 bits per heavy atom. The molecule has 0 unspecified atom stereocenters. The van der Waals surface area contributed by atoms with Gasteiger partial charge >= 0.3 is 5.97 Å². The first-order valence-electron chi connectivity index (χ1n) is 5.46. The number of hydrogen-bond donors (Lipinski definition) is 0. The molecule has 7 heteroatoms. The van der Waals surface area contributed by atoms with Crippen LogP contribution in [0.1, 0.15) is 35.9 Å². The first kappa shape index (κ1) is 15.3. The third kappa shape index (κ3) is 3.86. The monoisotopic (exact) mass is 288 g/mol. The minimum Gasteiger partial charge on any atom is -0.466 e. The van der Waals surface area contributed by atoms with E-state index in [9.17, 15) is 13.6 Å². The number of halogens is 3. The van der Waals surface area contributed by atoms with Crippen LogP contribution >= 0.6 is 11.6 Å². The molecule has 102 valence electrons. The third-order valence-corrected chi connectivity index (χ3v) is 2.60. The van der Waals surface area contributed by atoms with Gasteiger partial charge in [0.25, 0.3) is 6.43 Å². The van der Waals surface area contributed by atoms with Gasteiger partial charge in [0, 0.05) is 5.88 Å². The molecule has 0 atom stereocenters. The Labute approximate surface area is 114 Å². The van der Waals surface area contributed by atoms with E-state index in [1.165, 1.54) is 6.07 Å². The van der Waals surface area contributed by atoms with Crippen LogP contribution in [0.15, 0.2) is 6.07 Å². The van der Waals surface area contributed by atoms with Gasteiger partial charge in [-0.1, -0.05) is 0 Å². The lowest BCUT2D eigenvalue weighted by molar-refractivity contribution is -0.142. The second-order valence-electron chi connectivity index (χ2n) is 3.55. The Bertz CT molecular complexity index is 515. The Kier molecular flexibility index (Phi) is 5.64. The van der Waals surface area contributed by atoms with Crippen molar-refractivity contribution in [2.45, 2.75) is 25.7 Å². The van der Waals surface area contributed by atoms with E-state index in [-0.39, 0.29) is 30.2 Å². The molecule has 0 bridgehead atoms. The van der Waals surface area contributed by atoms with Crippen LogP contribution < -0.4 is 0 Å². The zero-order valence-corrected chi connectivity index (χ0v) is 10.9. The van der Waals surface area contributed by atoms with Gasteiger partial charge in [-0.05, 0) is 18.6 Å². The van der Waals surface area contributed by atoms with Crippen molar-refractivity contribution < 1.29 is 18.3 Å². The van der Waals surface area contributed by atoms with Gasteiger partial charge < -0.3 is 4.74 Å². The van der Waals surface area contributed by atoms with Crippen molar-refractivity contribution in [3.8, 4) is 6.07 Å². The first-order valence-corrected chi connectivity index (χ1v) is 5.99. The predicted octanol–water partition coefficient (Wildman–Crippen LogP) is 2.74. The van der Waals surface area contributed by atoms with Crippen LogP contribution in [0.4, 0.5) is 8.78 Å². The number of nitrogens with zero attached hydrogens (tertiary/aromatic N) is 2. The maximum Gasteiger partial charge on any atom is 0.311 e. The minimum absolute atomic E-state index is 0.0278. The van der Waals surface area contributed by atoms with Gasteiger partial charge in [0.15, 0.2) is 0 Å².